The molecular formula is C36H42O2. The van der Waals surface area contributed by atoms with Crippen LogP contribution in [0.4, 0.5) is 0 Å². The number of hydrogen-bond donors (Lipinski definition) is 0. The number of ketones is 1. The van der Waals surface area contributed by atoms with E-state index in [2.05, 4.69) is 74.5 Å². The Kier molecular flexibility index (Phi) is 5.85. The molecule has 0 bridgehead atoms. The first kappa shape index (κ1) is 24.6. The van der Waals surface area contributed by atoms with Crippen LogP contribution in [0.5, 0.6) is 0 Å². The predicted molar refractivity (Wildman–Crippen MR) is 156 cm³/mol. The molecule has 0 aromatic heterocycles. The van der Waals surface area contributed by atoms with Gasteiger partial charge in [-0.25, -0.2) is 0 Å². The van der Waals surface area contributed by atoms with Crippen molar-refractivity contribution < 1.29 is 9.53 Å². The quantitative estimate of drug-likeness (QED) is 0.261. The SMILES string of the molecule is CC(=O)C1CCC2C3CC=C4CC(OCc5c6ccccc6cc6ccccc56)CCC4(C)C3CCC12C. The number of Topliss-reactive ketones (excluding diaryl/α,β-unsaturated/α-hetero) is 1. The van der Waals surface area contributed by atoms with Gasteiger partial charge in [-0.05, 0) is 120 Å². The first-order valence-corrected chi connectivity index (χ1v) is 15.1. The molecule has 0 saturated heterocycles. The molecule has 38 heavy (non-hydrogen) atoms. The maximum Gasteiger partial charge on any atom is 0.133 e. The van der Waals surface area contributed by atoms with Crippen molar-refractivity contribution in [3.63, 3.8) is 0 Å². The highest BCUT2D eigenvalue weighted by Gasteiger charge is 2.59. The highest BCUT2D eigenvalue weighted by molar-refractivity contribution is 6.02. The average molecular weight is 507 g/mol. The zero-order valence-electron chi connectivity index (χ0n) is 23.3. The van der Waals surface area contributed by atoms with E-state index in [9.17, 15) is 4.79 Å². The second-order valence-corrected chi connectivity index (χ2v) is 13.5. The predicted octanol–water partition coefficient (Wildman–Crippen LogP) is 9.05. The van der Waals surface area contributed by atoms with Crippen molar-refractivity contribution in [3.05, 3.63) is 71.8 Å². The molecule has 0 amide bonds. The molecule has 4 aliphatic rings. The van der Waals surface area contributed by atoms with Crippen LogP contribution in [0.2, 0.25) is 0 Å². The maximum atomic E-state index is 12.5. The minimum atomic E-state index is 0.232. The molecule has 0 heterocycles. The zero-order chi connectivity index (χ0) is 26.1. The van der Waals surface area contributed by atoms with Crippen molar-refractivity contribution in [1.82, 2.24) is 0 Å². The lowest BCUT2D eigenvalue weighted by molar-refractivity contribution is -0.127. The third kappa shape index (κ3) is 3.66. The van der Waals surface area contributed by atoms with E-state index in [1.165, 1.54) is 59.2 Å². The van der Waals surface area contributed by atoms with Crippen molar-refractivity contribution in [2.75, 3.05) is 0 Å². The van der Waals surface area contributed by atoms with Crippen LogP contribution in [0.3, 0.4) is 0 Å². The molecule has 7 atom stereocenters. The Bertz CT molecular complexity index is 1380. The Balaban J connectivity index is 1.11. The maximum absolute atomic E-state index is 12.5. The van der Waals surface area contributed by atoms with E-state index >= 15 is 0 Å². The largest absolute Gasteiger partial charge is 0.373 e. The number of benzene rings is 3. The summed E-state index contributed by atoms with van der Waals surface area (Å²) in [4.78, 5) is 12.5. The van der Waals surface area contributed by atoms with Crippen LogP contribution in [0.1, 0.15) is 77.7 Å². The number of hydrogen-bond acceptors (Lipinski definition) is 2. The van der Waals surface area contributed by atoms with Crippen molar-refractivity contribution in [2.45, 2.75) is 84.8 Å². The Labute approximate surface area is 227 Å². The van der Waals surface area contributed by atoms with E-state index in [1.807, 2.05) is 6.92 Å². The van der Waals surface area contributed by atoms with Gasteiger partial charge in [-0.1, -0.05) is 74.0 Å². The number of carbonyl (C=O) groups excluding carboxylic acids is 1. The van der Waals surface area contributed by atoms with Gasteiger partial charge in [0.1, 0.15) is 5.78 Å². The topological polar surface area (TPSA) is 26.3 Å². The molecule has 7 unspecified atom stereocenters. The molecule has 3 aromatic rings. The lowest BCUT2D eigenvalue weighted by atomic mass is 9.47. The summed E-state index contributed by atoms with van der Waals surface area (Å²) in [6.45, 7) is 7.54. The van der Waals surface area contributed by atoms with Crippen molar-refractivity contribution in [3.8, 4) is 0 Å². The normalized spacial score (nSPS) is 36.4. The Hall–Kier alpha value is -2.45. The van der Waals surface area contributed by atoms with E-state index in [0.29, 0.717) is 29.8 Å². The summed E-state index contributed by atoms with van der Waals surface area (Å²) in [5.41, 5.74) is 3.54. The summed E-state index contributed by atoms with van der Waals surface area (Å²) >= 11 is 0. The first-order chi connectivity index (χ1) is 18.4. The Morgan fingerprint density at radius 2 is 1.61 bits per heavy atom. The summed E-state index contributed by atoms with van der Waals surface area (Å²) in [5.74, 6) is 2.98. The van der Waals surface area contributed by atoms with Gasteiger partial charge in [0.25, 0.3) is 0 Å². The summed E-state index contributed by atoms with van der Waals surface area (Å²) in [6.07, 6.45) is 12.5. The standard InChI is InChI=1S/C36H42O2/c1-23(37)32-14-15-33-30-13-12-26-21-27(16-18-35(26,2)34(30)17-19-36(32,33)3)38-22-31-28-10-6-4-8-24(28)20-25-9-5-7-11-29(25)31/h4-12,20,27,30,32-34H,13-19,21-22H2,1-3H3. The fourth-order valence-electron chi connectivity index (χ4n) is 9.90. The highest BCUT2D eigenvalue weighted by atomic mass is 16.5. The fourth-order valence-corrected chi connectivity index (χ4v) is 9.90. The van der Waals surface area contributed by atoms with Crippen LogP contribution >= 0.6 is 0 Å². The average Bonchev–Trinajstić information content (AvgIpc) is 3.28. The summed E-state index contributed by atoms with van der Waals surface area (Å²) < 4.78 is 6.76. The minimum absolute atomic E-state index is 0.232. The summed E-state index contributed by atoms with van der Waals surface area (Å²) in [5, 5.41) is 5.23. The summed E-state index contributed by atoms with van der Waals surface area (Å²) in [6, 6.07) is 19.8. The molecule has 4 aliphatic carbocycles. The van der Waals surface area contributed by atoms with Crippen LogP contribution in [0.15, 0.2) is 66.2 Å². The molecule has 198 valence electrons. The molecule has 7 rings (SSSR count). The molecule has 0 aliphatic heterocycles. The number of carbonyl (C=O) groups is 1. The van der Waals surface area contributed by atoms with Gasteiger partial charge in [-0.2, -0.15) is 0 Å². The highest BCUT2D eigenvalue weighted by Crippen LogP contribution is 2.66. The smallest absolute Gasteiger partial charge is 0.133 e. The second-order valence-electron chi connectivity index (χ2n) is 13.5. The van der Waals surface area contributed by atoms with Gasteiger partial charge in [0.2, 0.25) is 0 Å². The van der Waals surface area contributed by atoms with Crippen molar-refractivity contribution >= 4 is 27.3 Å². The van der Waals surface area contributed by atoms with E-state index in [1.54, 1.807) is 5.57 Å². The number of fused-ring (bicyclic) bond motifs is 7. The molecule has 3 saturated carbocycles. The molecule has 0 spiro atoms. The van der Waals surface area contributed by atoms with Gasteiger partial charge in [0.15, 0.2) is 0 Å². The minimum Gasteiger partial charge on any atom is -0.373 e. The third-order valence-electron chi connectivity index (χ3n) is 11.9. The van der Waals surface area contributed by atoms with Crippen LogP contribution in [-0.2, 0) is 16.1 Å². The van der Waals surface area contributed by atoms with E-state index in [0.717, 1.165) is 37.0 Å². The Morgan fingerprint density at radius 1 is 0.895 bits per heavy atom. The molecule has 3 fully saturated rings. The van der Waals surface area contributed by atoms with E-state index < -0.39 is 0 Å². The number of ether oxygens (including phenoxy) is 1. The molecular weight excluding hydrogens is 464 g/mol. The van der Waals surface area contributed by atoms with Crippen LogP contribution in [0, 0.1) is 34.5 Å². The summed E-state index contributed by atoms with van der Waals surface area (Å²) in [7, 11) is 0. The van der Waals surface area contributed by atoms with Gasteiger partial charge in [-0.3, -0.25) is 4.79 Å². The molecule has 0 radical (unpaired) electrons. The number of rotatable bonds is 4. The molecule has 0 N–H and O–H groups in total. The van der Waals surface area contributed by atoms with Gasteiger partial charge in [0, 0.05) is 5.92 Å². The van der Waals surface area contributed by atoms with Gasteiger partial charge in [0.05, 0.1) is 12.7 Å². The number of allylic oxidation sites excluding steroid dienone is 1. The molecule has 2 nitrogen and oxygen atoms in total. The van der Waals surface area contributed by atoms with Gasteiger partial charge >= 0.3 is 0 Å². The second kappa shape index (κ2) is 9.05. The lowest BCUT2D eigenvalue weighted by Crippen LogP contribution is -2.51. The van der Waals surface area contributed by atoms with Crippen LogP contribution < -0.4 is 0 Å². The first-order valence-electron chi connectivity index (χ1n) is 15.1. The lowest BCUT2D eigenvalue weighted by Gasteiger charge is -2.58. The molecule has 2 heteroatoms. The third-order valence-corrected chi connectivity index (χ3v) is 11.9. The Morgan fingerprint density at radius 3 is 2.32 bits per heavy atom. The van der Waals surface area contributed by atoms with Gasteiger partial charge in [-0.15, -0.1) is 0 Å². The van der Waals surface area contributed by atoms with E-state index in [-0.39, 0.29) is 5.41 Å². The van der Waals surface area contributed by atoms with E-state index in [4.69, 9.17) is 4.74 Å². The van der Waals surface area contributed by atoms with Crippen LogP contribution in [0.25, 0.3) is 21.5 Å². The van der Waals surface area contributed by atoms with Crippen molar-refractivity contribution in [2.24, 2.45) is 34.5 Å². The molecule has 3 aromatic carbocycles. The van der Waals surface area contributed by atoms with Crippen molar-refractivity contribution in [1.29, 1.82) is 0 Å². The fraction of sp³-hybridized carbons (Fsp3) is 0.528. The van der Waals surface area contributed by atoms with Crippen LogP contribution in [-0.4, -0.2) is 11.9 Å². The van der Waals surface area contributed by atoms with Gasteiger partial charge < -0.3 is 4.74 Å². The monoisotopic (exact) mass is 506 g/mol. The zero-order valence-corrected chi connectivity index (χ0v) is 23.3.